The van der Waals surface area contributed by atoms with Crippen molar-refractivity contribution in [3.8, 4) is 5.82 Å². The number of nitrogens with zero attached hydrogens (tertiary/aromatic N) is 5. The minimum Gasteiger partial charge on any atom is -0.466 e. The molecule has 23 heavy (non-hydrogen) atoms. The third-order valence-electron chi connectivity index (χ3n) is 3.75. The normalized spacial score (nSPS) is 19.7. The van der Waals surface area contributed by atoms with Crippen molar-refractivity contribution in [2.75, 3.05) is 12.9 Å². The molecule has 122 valence electrons. The fourth-order valence-electron chi connectivity index (χ4n) is 2.59. The van der Waals surface area contributed by atoms with Gasteiger partial charge in [0.25, 0.3) is 0 Å². The number of hydrogen-bond donors (Lipinski definition) is 0. The average Bonchev–Trinajstić information content (AvgIpc) is 3.26. The van der Waals surface area contributed by atoms with Gasteiger partial charge in [0.2, 0.25) is 0 Å². The number of ether oxygens (including phenoxy) is 1. The van der Waals surface area contributed by atoms with Gasteiger partial charge >= 0.3 is 5.97 Å². The number of hydrogen-bond acceptors (Lipinski definition) is 7. The molecule has 0 bridgehead atoms. The molecular weight excluding hydrogens is 314 g/mol. The van der Waals surface area contributed by atoms with Crippen LogP contribution in [-0.2, 0) is 9.53 Å². The Bertz CT molecular complexity index is 745. The van der Waals surface area contributed by atoms with E-state index in [-0.39, 0.29) is 17.8 Å². The summed E-state index contributed by atoms with van der Waals surface area (Å²) in [5.74, 6) is 2.03. The Kier molecular flexibility index (Phi) is 4.34. The van der Waals surface area contributed by atoms with E-state index in [2.05, 4.69) is 20.1 Å². The van der Waals surface area contributed by atoms with Gasteiger partial charge < -0.3 is 4.74 Å². The SMILES string of the molecule is CCOC(=O)[C@H]1CC1c1cc(-n2nc(C)nc2C)nc(SC)n1. The van der Waals surface area contributed by atoms with Crippen LogP contribution in [-0.4, -0.2) is 43.6 Å². The minimum atomic E-state index is -0.142. The predicted octanol–water partition coefficient (Wildman–Crippen LogP) is 2.06. The van der Waals surface area contributed by atoms with Gasteiger partial charge in [-0.1, -0.05) is 11.8 Å². The second kappa shape index (κ2) is 6.27. The molecule has 0 radical (unpaired) electrons. The van der Waals surface area contributed by atoms with Crippen LogP contribution in [0, 0.1) is 19.8 Å². The Morgan fingerprint density at radius 1 is 1.39 bits per heavy atom. The smallest absolute Gasteiger partial charge is 0.309 e. The summed E-state index contributed by atoms with van der Waals surface area (Å²) in [7, 11) is 0. The van der Waals surface area contributed by atoms with Crippen LogP contribution >= 0.6 is 11.8 Å². The van der Waals surface area contributed by atoms with E-state index in [1.54, 1.807) is 4.68 Å². The Balaban J connectivity index is 1.92. The molecule has 0 N–H and O–H groups in total. The topological polar surface area (TPSA) is 82.8 Å². The fraction of sp³-hybridized carbons (Fsp3) is 0.533. The molecule has 0 saturated heterocycles. The van der Waals surface area contributed by atoms with Crippen molar-refractivity contribution >= 4 is 17.7 Å². The van der Waals surface area contributed by atoms with Crippen molar-refractivity contribution in [1.82, 2.24) is 24.7 Å². The molecule has 0 spiro atoms. The standard InChI is InChI=1S/C15H19N5O2S/c1-5-22-14(21)11-6-10(11)12-7-13(18-15(17-12)23-4)20-9(3)16-8(2)19-20/h7,10-11H,5-6H2,1-4H3/t10?,11-/m0/s1. The predicted molar refractivity (Wildman–Crippen MR) is 85.7 cm³/mol. The van der Waals surface area contributed by atoms with Crippen molar-refractivity contribution in [2.45, 2.75) is 38.3 Å². The molecule has 0 aromatic carbocycles. The number of rotatable bonds is 5. The summed E-state index contributed by atoms with van der Waals surface area (Å²) in [5, 5.41) is 5.04. The zero-order valence-electron chi connectivity index (χ0n) is 13.6. The highest BCUT2D eigenvalue weighted by Crippen LogP contribution is 2.47. The third kappa shape index (κ3) is 3.21. The van der Waals surface area contributed by atoms with Gasteiger partial charge in [0.05, 0.1) is 18.2 Å². The Hall–Kier alpha value is -1.96. The molecule has 2 atom stereocenters. The quantitative estimate of drug-likeness (QED) is 0.470. The highest BCUT2D eigenvalue weighted by Gasteiger charge is 2.46. The lowest BCUT2D eigenvalue weighted by molar-refractivity contribution is -0.144. The van der Waals surface area contributed by atoms with Gasteiger partial charge in [0, 0.05) is 12.0 Å². The van der Waals surface area contributed by atoms with Gasteiger partial charge in [0.15, 0.2) is 11.0 Å². The van der Waals surface area contributed by atoms with Gasteiger partial charge in [-0.25, -0.2) is 15.0 Å². The monoisotopic (exact) mass is 333 g/mol. The number of carbonyl (C=O) groups excluding carboxylic acids is 1. The summed E-state index contributed by atoms with van der Waals surface area (Å²) >= 11 is 1.47. The Labute approximate surface area is 138 Å². The lowest BCUT2D eigenvalue weighted by atomic mass is 10.2. The van der Waals surface area contributed by atoms with Crippen LogP contribution in [0.3, 0.4) is 0 Å². The van der Waals surface area contributed by atoms with Gasteiger partial charge in [-0.3, -0.25) is 4.79 Å². The summed E-state index contributed by atoms with van der Waals surface area (Å²) in [6.07, 6.45) is 2.70. The van der Waals surface area contributed by atoms with Crippen LogP contribution in [0.2, 0.25) is 0 Å². The van der Waals surface area contributed by atoms with Crippen LogP contribution in [0.1, 0.15) is 36.6 Å². The maximum Gasteiger partial charge on any atom is 0.309 e. The molecule has 1 fully saturated rings. The summed E-state index contributed by atoms with van der Waals surface area (Å²) in [6.45, 7) is 5.96. The van der Waals surface area contributed by atoms with Crippen LogP contribution < -0.4 is 0 Å². The maximum atomic E-state index is 11.9. The second-order valence-electron chi connectivity index (χ2n) is 5.46. The van der Waals surface area contributed by atoms with Crippen LogP contribution in [0.25, 0.3) is 5.82 Å². The van der Waals surface area contributed by atoms with Crippen LogP contribution in [0.15, 0.2) is 11.2 Å². The fourth-order valence-corrected chi connectivity index (χ4v) is 2.97. The molecule has 8 heteroatoms. The van der Waals surface area contributed by atoms with Gasteiger partial charge in [-0.15, -0.1) is 5.10 Å². The average molecular weight is 333 g/mol. The zero-order valence-corrected chi connectivity index (χ0v) is 14.4. The van der Waals surface area contributed by atoms with Crippen LogP contribution in [0.4, 0.5) is 0 Å². The zero-order chi connectivity index (χ0) is 16.6. The van der Waals surface area contributed by atoms with E-state index in [0.717, 1.165) is 17.9 Å². The minimum absolute atomic E-state index is 0.0917. The lowest BCUT2D eigenvalue weighted by Gasteiger charge is -2.07. The maximum absolute atomic E-state index is 11.9. The molecule has 0 aliphatic heterocycles. The molecule has 1 aliphatic carbocycles. The molecular formula is C15H19N5O2S. The first-order chi connectivity index (χ1) is 11.0. The van der Waals surface area contributed by atoms with E-state index in [4.69, 9.17) is 4.74 Å². The highest BCUT2D eigenvalue weighted by atomic mass is 32.2. The second-order valence-corrected chi connectivity index (χ2v) is 6.23. The van der Waals surface area contributed by atoms with Crippen LogP contribution in [0.5, 0.6) is 0 Å². The van der Waals surface area contributed by atoms with Crippen molar-refractivity contribution in [3.05, 3.63) is 23.4 Å². The van der Waals surface area contributed by atoms with E-state index in [9.17, 15) is 4.79 Å². The first-order valence-corrected chi connectivity index (χ1v) is 8.76. The van der Waals surface area contributed by atoms with Crippen molar-refractivity contribution in [3.63, 3.8) is 0 Å². The number of aromatic nitrogens is 5. The Morgan fingerprint density at radius 3 is 2.78 bits per heavy atom. The van der Waals surface area contributed by atoms with E-state index < -0.39 is 0 Å². The number of esters is 1. The lowest BCUT2D eigenvalue weighted by Crippen LogP contribution is -2.09. The highest BCUT2D eigenvalue weighted by molar-refractivity contribution is 7.98. The van der Waals surface area contributed by atoms with Crippen molar-refractivity contribution in [2.24, 2.45) is 5.92 Å². The summed E-state index contributed by atoms with van der Waals surface area (Å²) in [6, 6.07) is 1.89. The number of aryl methyl sites for hydroxylation is 2. The van der Waals surface area contributed by atoms with E-state index in [0.29, 0.717) is 23.4 Å². The summed E-state index contributed by atoms with van der Waals surface area (Å²) in [5.41, 5.74) is 0.866. The van der Waals surface area contributed by atoms with Gasteiger partial charge in [-0.05, 0) is 33.4 Å². The van der Waals surface area contributed by atoms with E-state index in [1.165, 1.54) is 11.8 Å². The summed E-state index contributed by atoms with van der Waals surface area (Å²) < 4.78 is 6.81. The number of carbonyl (C=O) groups is 1. The van der Waals surface area contributed by atoms with Gasteiger partial charge in [0.1, 0.15) is 11.6 Å². The number of thioether (sulfide) groups is 1. The molecule has 2 aromatic rings. The van der Waals surface area contributed by atoms with E-state index in [1.807, 2.05) is 33.1 Å². The largest absolute Gasteiger partial charge is 0.466 e. The molecule has 3 rings (SSSR count). The Morgan fingerprint density at radius 2 is 2.17 bits per heavy atom. The molecule has 0 amide bonds. The molecule has 2 heterocycles. The molecule has 2 aromatic heterocycles. The molecule has 7 nitrogen and oxygen atoms in total. The van der Waals surface area contributed by atoms with Gasteiger partial charge in [-0.2, -0.15) is 4.68 Å². The third-order valence-corrected chi connectivity index (χ3v) is 4.29. The molecule has 1 unspecified atom stereocenters. The van der Waals surface area contributed by atoms with Crippen molar-refractivity contribution in [1.29, 1.82) is 0 Å². The molecule has 1 aliphatic rings. The first-order valence-electron chi connectivity index (χ1n) is 7.53. The van der Waals surface area contributed by atoms with Crippen molar-refractivity contribution < 1.29 is 9.53 Å². The first kappa shape index (κ1) is 15.9. The van der Waals surface area contributed by atoms with E-state index >= 15 is 0 Å². The summed E-state index contributed by atoms with van der Waals surface area (Å²) in [4.78, 5) is 25.2. The molecule has 1 saturated carbocycles.